The first-order chi connectivity index (χ1) is 9.74. The van der Waals surface area contributed by atoms with Crippen molar-refractivity contribution in [3.8, 4) is 0 Å². The van der Waals surface area contributed by atoms with Gasteiger partial charge in [0.25, 0.3) is 0 Å². The van der Waals surface area contributed by atoms with Gasteiger partial charge in [0.1, 0.15) is 0 Å². The maximum atomic E-state index is 3.67. The molecule has 0 amide bonds. The quantitative estimate of drug-likeness (QED) is 0.780. The Bertz CT molecular complexity index is 414. The van der Waals surface area contributed by atoms with E-state index in [0.717, 1.165) is 19.6 Å². The van der Waals surface area contributed by atoms with E-state index in [1.807, 2.05) is 0 Å². The second-order valence-electron chi connectivity index (χ2n) is 5.99. The van der Waals surface area contributed by atoms with Crippen molar-refractivity contribution in [1.82, 2.24) is 10.2 Å². The minimum absolute atomic E-state index is 0.459. The van der Waals surface area contributed by atoms with Gasteiger partial charge in [-0.3, -0.25) is 0 Å². The van der Waals surface area contributed by atoms with Gasteiger partial charge in [0.05, 0.1) is 0 Å². The third kappa shape index (κ3) is 4.07. The van der Waals surface area contributed by atoms with E-state index in [0.29, 0.717) is 6.04 Å². The van der Waals surface area contributed by atoms with Gasteiger partial charge in [-0.2, -0.15) is 0 Å². The molecule has 1 aliphatic carbocycles. The summed E-state index contributed by atoms with van der Waals surface area (Å²) in [7, 11) is 0. The van der Waals surface area contributed by atoms with Crippen LogP contribution in [0.1, 0.15) is 56.3 Å². The van der Waals surface area contributed by atoms with Gasteiger partial charge < -0.3 is 10.2 Å². The van der Waals surface area contributed by atoms with Crippen molar-refractivity contribution in [3.05, 3.63) is 34.9 Å². The number of fused-ring (bicyclic) bond motifs is 1. The van der Waals surface area contributed by atoms with E-state index in [2.05, 4.69) is 49.2 Å². The maximum absolute atomic E-state index is 3.67. The molecule has 1 aromatic rings. The fourth-order valence-corrected chi connectivity index (χ4v) is 3.16. The van der Waals surface area contributed by atoms with Crippen molar-refractivity contribution in [3.63, 3.8) is 0 Å². The highest BCUT2D eigenvalue weighted by atomic mass is 15.1. The molecule has 1 aromatic carbocycles. The van der Waals surface area contributed by atoms with Gasteiger partial charge >= 0.3 is 0 Å². The highest BCUT2D eigenvalue weighted by Gasteiger charge is 2.13. The average Bonchev–Trinajstić information content (AvgIpc) is 2.93. The summed E-state index contributed by atoms with van der Waals surface area (Å²) in [6, 6.07) is 7.53. The molecule has 2 rings (SSSR count). The summed E-state index contributed by atoms with van der Waals surface area (Å²) in [5.74, 6) is 0. The summed E-state index contributed by atoms with van der Waals surface area (Å²) in [6.45, 7) is 11.4. The topological polar surface area (TPSA) is 15.3 Å². The van der Waals surface area contributed by atoms with Crippen LogP contribution in [0.4, 0.5) is 0 Å². The summed E-state index contributed by atoms with van der Waals surface area (Å²) in [5.41, 5.74) is 4.60. The number of hydrogen-bond donors (Lipinski definition) is 1. The Balaban J connectivity index is 1.81. The zero-order valence-corrected chi connectivity index (χ0v) is 13.4. The molecule has 1 unspecified atom stereocenters. The number of benzene rings is 1. The Hall–Kier alpha value is -0.860. The van der Waals surface area contributed by atoms with E-state index in [1.165, 1.54) is 37.8 Å². The van der Waals surface area contributed by atoms with Crippen LogP contribution < -0.4 is 5.32 Å². The molecule has 0 aliphatic heterocycles. The minimum Gasteiger partial charge on any atom is -0.309 e. The lowest BCUT2D eigenvalue weighted by atomic mass is 10.0. The summed E-state index contributed by atoms with van der Waals surface area (Å²) in [6.07, 6.45) is 5.13. The Morgan fingerprint density at radius 2 is 1.95 bits per heavy atom. The molecule has 112 valence electrons. The SMILES string of the molecule is CCCN(CC)CCNC(C)c1ccc2c(c1)CCC2. The van der Waals surface area contributed by atoms with Gasteiger partial charge in [0, 0.05) is 19.1 Å². The second kappa shape index (κ2) is 7.80. The lowest BCUT2D eigenvalue weighted by Gasteiger charge is -2.22. The minimum atomic E-state index is 0.459. The van der Waals surface area contributed by atoms with Crippen LogP contribution >= 0.6 is 0 Å². The molecular formula is C18H30N2. The van der Waals surface area contributed by atoms with Crippen LogP contribution in [0.2, 0.25) is 0 Å². The highest BCUT2D eigenvalue weighted by Crippen LogP contribution is 2.25. The maximum Gasteiger partial charge on any atom is 0.0292 e. The van der Waals surface area contributed by atoms with Gasteiger partial charge in [-0.25, -0.2) is 0 Å². The lowest BCUT2D eigenvalue weighted by Crippen LogP contribution is -2.33. The van der Waals surface area contributed by atoms with Gasteiger partial charge in [-0.1, -0.05) is 32.0 Å². The molecule has 0 aromatic heterocycles. The van der Waals surface area contributed by atoms with E-state index in [4.69, 9.17) is 0 Å². The van der Waals surface area contributed by atoms with Crippen molar-refractivity contribution in [1.29, 1.82) is 0 Å². The van der Waals surface area contributed by atoms with Gasteiger partial charge in [-0.05, 0) is 62.4 Å². The Kier molecular flexibility index (Phi) is 6.06. The smallest absolute Gasteiger partial charge is 0.0292 e. The van der Waals surface area contributed by atoms with Crippen LogP contribution in [0.3, 0.4) is 0 Å². The number of likely N-dealkylation sites (N-methyl/N-ethyl adjacent to an activating group) is 1. The van der Waals surface area contributed by atoms with Crippen molar-refractivity contribution < 1.29 is 0 Å². The molecule has 0 saturated heterocycles. The molecule has 2 heteroatoms. The fraction of sp³-hybridized carbons (Fsp3) is 0.667. The monoisotopic (exact) mass is 274 g/mol. The van der Waals surface area contributed by atoms with Gasteiger partial charge in [0.15, 0.2) is 0 Å². The van der Waals surface area contributed by atoms with Crippen LogP contribution in [0.5, 0.6) is 0 Å². The molecule has 1 aliphatic rings. The van der Waals surface area contributed by atoms with Crippen molar-refractivity contribution in [2.75, 3.05) is 26.2 Å². The molecule has 1 N–H and O–H groups in total. The van der Waals surface area contributed by atoms with Crippen molar-refractivity contribution in [2.45, 2.75) is 52.5 Å². The van der Waals surface area contributed by atoms with Crippen LogP contribution in [-0.2, 0) is 12.8 Å². The average molecular weight is 274 g/mol. The zero-order chi connectivity index (χ0) is 14.4. The number of nitrogens with one attached hydrogen (secondary N) is 1. The molecule has 0 bridgehead atoms. The fourth-order valence-electron chi connectivity index (χ4n) is 3.16. The number of rotatable bonds is 8. The lowest BCUT2D eigenvalue weighted by molar-refractivity contribution is 0.284. The summed E-state index contributed by atoms with van der Waals surface area (Å²) in [4.78, 5) is 2.52. The van der Waals surface area contributed by atoms with E-state index in [-0.39, 0.29) is 0 Å². The molecule has 0 fully saturated rings. The molecule has 0 spiro atoms. The predicted octanol–water partition coefficient (Wildman–Crippen LogP) is 3.56. The van der Waals surface area contributed by atoms with Crippen molar-refractivity contribution in [2.24, 2.45) is 0 Å². The standard InChI is InChI=1S/C18H30N2/c1-4-12-20(5-2)13-11-19-15(3)17-10-9-16-7-6-8-18(16)14-17/h9-10,14-15,19H,4-8,11-13H2,1-3H3. The van der Waals surface area contributed by atoms with E-state index < -0.39 is 0 Å². The normalized spacial score (nSPS) is 15.6. The van der Waals surface area contributed by atoms with Gasteiger partial charge in [0.2, 0.25) is 0 Å². The van der Waals surface area contributed by atoms with Gasteiger partial charge in [-0.15, -0.1) is 0 Å². The highest BCUT2D eigenvalue weighted by molar-refractivity contribution is 5.36. The second-order valence-corrected chi connectivity index (χ2v) is 5.99. The number of hydrogen-bond acceptors (Lipinski definition) is 2. The Labute approximate surface area is 124 Å². The van der Waals surface area contributed by atoms with E-state index in [1.54, 1.807) is 11.1 Å². The molecule has 1 atom stereocenters. The van der Waals surface area contributed by atoms with Crippen LogP contribution in [-0.4, -0.2) is 31.1 Å². The van der Waals surface area contributed by atoms with E-state index in [9.17, 15) is 0 Å². The Morgan fingerprint density at radius 1 is 1.15 bits per heavy atom. The molecule has 20 heavy (non-hydrogen) atoms. The predicted molar refractivity (Wildman–Crippen MR) is 87.3 cm³/mol. The summed E-state index contributed by atoms with van der Waals surface area (Å²) < 4.78 is 0. The summed E-state index contributed by atoms with van der Waals surface area (Å²) >= 11 is 0. The molecule has 2 nitrogen and oxygen atoms in total. The van der Waals surface area contributed by atoms with Crippen LogP contribution in [0, 0.1) is 0 Å². The first kappa shape index (κ1) is 15.5. The largest absolute Gasteiger partial charge is 0.309 e. The first-order valence-corrected chi connectivity index (χ1v) is 8.32. The van der Waals surface area contributed by atoms with Crippen molar-refractivity contribution >= 4 is 0 Å². The number of nitrogens with zero attached hydrogens (tertiary/aromatic N) is 1. The van der Waals surface area contributed by atoms with Crippen LogP contribution in [0.25, 0.3) is 0 Å². The molecule has 0 saturated carbocycles. The molecule has 0 radical (unpaired) electrons. The van der Waals surface area contributed by atoms with E-state index >= 15 is 0 Å². The zero-order valence-electron chi connectivity index (χ0n) is 13.4. The Morgan fingerprint density at radius 3 is 2.70 bits per heavy atom. The summed E-state index contributed by atoms with van der Waals surface area (Å²) in [5, 5.41) is 3.67. The third-order valence-corrected chi connectivity index (χ3v) is 4.49. The first-order valence-electron chi connectivity index (χ1n) is 8.32. The molecular weight excluding hydrogens is 244 g/mol. The third-order valence-electron chi connectivity index (χ3n) is 4.49. The molecule has 0 heterocycles. The number of aryl methyl sites for hydroxylation is 2. The van der Waals surface area contributed by atoms with Crippen LogP contribution in [0.15, 0.2) is 18.2 Å².